The molecule has 0 saturated carbocycles. The Morgan fingerprint density at radius 2 is 1.89 bits per heavy atom. The van der Waals surface area contributed by atoms with Crippen LogP contribution in [0, 0.1) is 0 Å². The minimum atomic E-state index is -0.652. The summed E-state index contributed by atoms with van der Waals surface area (Å²) < 4.78 is 7.25. The summed E-state index contributed by atoms with van der Waals surface area (Å²) in [6.45, 7) is 1.82. The largest absolute Gasteiger partial charge is 0.466 e. The zero-order valence-corrected chi connectivity index (χ0v) is 16.8. The fraction of sp³-hybridized carbons (Fsp3) is 0.250. The maximum Gasteiger partial charge on any atom is 0.308 e. The molecule has 0 aliphatic heterocycles. The van der Waals surface area contributed by atoms with Gasteiger partial charge in [-0.05, 0) is 30.7 Å². The Kier molecular flexibility index (Phi) is 6.49. The molecule has 3 aromatic rings. The SMILES string of the molecule is CCOC(=O)C[C@H](NC(=O)Cn1c(=O)sc2ccccc21)c1ccccc1Cl. The number of nitrogens with one attached hydrogen (secondary N) is 1. The molecule has 3 rings (SSSR count). The van der Waals surface area contributed by atoms with Crippen molar-refractivity contribution in [2.75, 3.05) is 6.61 Å². The molecule has 0 saturated heterocycles. The van der Waals surface area contributed by atoms with E-state index in [0.717, 1.165) is 16.0 Å². The van der Waals surface area contributed by atoms with E-state index in [1.165, 1.54) is 4.57 Å². The summed E-state index contributed by atoms with van der Waals surface area (Å²) in [5, 5.41) is 3.25. The Morgan fingerprint density at radius 1 is 1.18 bits per heavy atom. The van der Waals surface area contributed by atoms with Crippen LogP contribution >= 0.6 is 22.9 Å². The molecule has 2 aromatic carbocycles. The molecule has 1 aromatic heterocycles. The van der Waals surface area contributed by atoms with Crippen LogP contribution in [0.4, 0.5) is 0 Å². The van der Waals surface area contributed by atoms with Crippen LogP contribution < -0.4 is 10.2 Å². The number of hydrogen-bond donors (Lipinski definition) is 1. The Labute approximate surface area is 170 Å². The number of halogens is 1. The van der Waals surface area contributed by atoms with Crippen LogP contribution in [-0.4, -0.2) is 23.1 Å². The first-order valence-corrected chi connectivity index (χ1v) is 9.96. The van der Waals surface area contributed by atoms with Crippen LogP contribution in [0.25, 0.3) is 10.2 Å². The molecule has 0 aliphatic carbocycles. The highest BCUT2D eigenvalue weighted by Crippen LogP contribution is 2.25. The highest BCUT2D eigenvalue weighted by atomic mass is 35.5. The first kappa shape index (κ1) is 20.1. The van der Waals surface area contributed by atoms with E-state index >= 15 is 0 Å². The minimum Gasteiger partial charge on any atom is -0.466 e. The molecule has 1 N–H and O–H groups in total. The smallest absolute Gasteiger partial charge is 0.308 e. The van der Waals surface area contributed by atoms with Gasteiger partial charge in [-0.3, -0.25) is 19.0 Å². The van der Waals surface area contributed by atoms with Gasteiger partial charge in [-0.2, -0.15) is 0 Å². The van der Waals surface area contributed by atoms with Crippen LogP contribution in [-0.2, 0) is 20.9 Å². The predicted molar refractivity (Wildman–Crippen MR) is 110 cm³/mol. The van der Waals surface area contributed by atoms with Crippen LogP contribution in [0.1, 0.15) is 24.9 Å². The maximum absolute atomic E-state index is 12.7. The number of thiazole rings is 1. The molecular weight excluding hydrogens is 400 g/mol. The van der Waals surface area contributed by atoms with Crippen molar-refractivity contribution < 1.29 is 14.3 Å². The molecule has 146 valence electrons. The molecule has 1 amide bonds. The summed E-state index contributed by atoms with van der Waals surface area (Å²) in [5.41, 5.74) is 1.32. The second-order valence-corrected chi connectivity index (χ2v) is 7.47. The van der Waals surface area contributed by atoms with Gasteiger partial charge in [-0.15, -0.1) is 0 Å². The van der Waals surface area contributed by atoms with Crippen molar-refractivity contribution in [3.05, 3.63) is 68.8 Å². The molecule has 0 radical (unpaired) electrons. The molecular formula is C20H19ClN2O4S. The van der Waals surface area contributed by atoms with E-state index in [0.29, 0.717) is 16.1 Å². The number of aromatic nitrogens is 1. The molecule has 28 heavy (non-hydrogen) atoms. The monoisotopic (exact) mass is 418 g/mol. The minimum absolute atomic E-state index is 0.0530. The van der Waals surface area contributed by atoms with E-state index in [1.807, 2.05) is 18.2 Å². The average Bonchev–Trinajstić information content (AvgIpc) is 2.97. The maximum atomic E-state index is 12.7. The Hall–Kier alpha value is -2.64. The van der Waals surface area contributed by atoms with Crippen LogP contribution in [0.3, 0.4) is 0 Å². The Morgan fingerprint density at radius 3 is 2.64 bits per heavy atom. The number of fused-ring (bicyclic) bond motifs is 1. The van der Waals surface area contributed by atoms with Gasteiger partial charge in [-0.1, -0.05) is 53.3 Å². The molecule has 0 spiro atoms. The van der Waals surface area contributed by atoms with Gasteiger partial charge in [-0.25, -0.2) is 0 Å². The molecule has 1 atom stereocenters. The third-order valence-electron chi connectivity index (χ3n) is 4.17. The van der Waals surface area contributed by atoms with Gasteiger partial charge in [0.25, 0.3) is 0 Å². The lowest BCUT2D eigenvalue weighted by Crippen LogP contribution is -2.35. The normalized spacial score (nSPS) is 11.9. The number of benzene rings is 2. The number of para-hydroxylation sites is 1. The lowest BCUT2D eigenvalue weighted by molar-refractivity contribution is -0.143. The average molecular weight is 419 g/mol. The number of nitrogens with zero attached hydrogens (tertiary/aromatic N) is 1. The predicted octanol–water partition coefficient (Wildman–Crippen LogP) is 3.53. The Bertz CT molecular complexity index is 1060. The lowest BCUT2D eigenvalue weighted by Gasteiger charge is -2.20. The second kappa shape index (κ2) is 9.03. The van der Waals surface area contributed by atoms with Crippen LogP contribution in [0.15, 0.2) is 53.3 Å². The van der Waals surface area contributed by atoms with E-state index < -0.39 is 12.0 Å². The summed E-state index contributed by atoms with van der Waals surface area (Å²) in [6, 6.07) is 13.6. The fourth-order valence-electron chi connectivity index (χ4n) is 2.93. The molecule has 8 heteroatoms. The Balaban J connectivity index is 1.82. The van der Waals surface area contributed by atoms with E-state index in [-0.39, 0.29) is 30.4 Å². The van der Waals surface area contributed by atoms with Crippen molar-refractivity contribution in [3.8, 4) is 0 Å². The first-order valence-electron chi connectivity index (χ1n) is 8.77. The van der Waals surface area contributed by atoms with Gasteiger partial charge in [0.1, 0.15) is 6.54 Å². The van der Waals surface area contributed by atoms with Crippen molar-refractivity contribution in [2.45, 2.75) is 25.9 Å². The van der Waals surface area contributed by atoms with Gasteiger partial charge < -0.3 is 10.1 Å². The highest BCUT2D eigenvalue weighted by molar-refractivity contribution is 7.16. The zero-order valence-electron chi connectivity index (χ0n) is 15.2. The third kappa shape index (κ3) is 4.61. The van der Waals surface area contributed by atoms with Gasteiger partial charge in [0.2, 0.25) is 5.91 Å². The number of amides is 1. The van der Waals surface area contributed by atoms with Gasteiger partial charge in [0.05, 0.1) is 29.3 Å². The topological polar surface area (TPSA) is 77.4 Å². The van der Waals surface area contributed by atoms with E-state index in [2.05, 4.69) is 5.32 Å². The van der Waals surface area contributed by atoms with Crippen LogP contribution in [0.2, 0.25) is 5.02 Å². The van der Waals surface area contributed by atoms with E-state index in [9.17, 15) is 14.4 Å². The van der Waals surface area contributed by atoms with Gasteiger partial charge in [0.15, 0.2) is 0 Å². The van der Waals surface area contributed by atoms with Crippen molar-refractivity contribution in [3.63, 3.8) is 0 Å². The molecule has 0 aliphatic rings. The quantitative estimate of drug-likeness (QED) is 0.595. The van der Waals surface area contributed by atoms with Crippen molar-refractivity contribution >= 4 is 45.0 Å². The number of carbonyl (C=O) groups excluding carboxylic acids is 2. The standard InChI is InChI=1S/C20H19ClN2O4S/c1-2-27-19(25)11-15(13-7-3-4-8-14(13)21)22-18(24)12-23-16-9-5-6-10-17(16)28-20(23)26/h3-10,15H,2,11-12H2,1H3,(H,22,24)/t15-/m0/s1. The summed E-state index contributed by atoms with van der Waals surface area (Å²) in [5.74, 6) is -0.828. The number of esters is 1. The number of rotatable bonds is 7. The third-order valence-corrected chi connectivity index (χ3v) is 5.47. The molecule has 6 nitrogen and oxygen atoms in total. The molecule has 1 heterocycles. The summed E-state index contributed by atoms with van der Waals surface area (Å²) in [7, 11) is 0. The summed E-state index contributed by atoms with van der Waals surface area (Å²) in [4.78, 5) is 36.7. The van der Waals surface area contributed by atoms with E-state index in [4.69, 9.17) is 16.3 Å². The zero-order chi connectivity index (χ0) is 20.1. The van der Waals surface area contributed by atoms with Crippen LogP contribution in [0.5, 0.6) is 0 Å². The second-order valence-electron chi connectivity index (χ2n) is 6.07. The number of ether oxygens (including phenoxy) is 1. The molecule has 0 bridgehead atoms. The lowest BCUT2D eigenvalue weighted by atomic mass is 10.0. The fourth-order valence-corrected chi connectivity index (χ4v) is 4.09. The van der Waals surface area contributed by atoms with Crippen molar-refractivity contribution in [2.24, 2.45) is 0 Å². The van der Waals surface area contributed by atoms with Gasteiger partial charge >= 0.3 is 10.8 Å². The number of carbonyl (C=O) groups is 2. The van der Waals surface area contributed by atoms with Gasteiger partial charge in [0, 0.05) is 5.02 Å². The molecule has 0 unspecified atom stereocenters. The summed E-state index contributed by atoms with van der Waals surface area (Å²) >= 11 is 7.34. The van der Waals surface area contributed by atoms with E-state index in [1.54, 1.807) is 37.3 Å². The van der Waals surface area contributed by atoms with Crippen molar-refractivity contribution in [1.82, 2.24) is 9.88 Å². The number of hydrogen-bond acceptors (Lipinski definition) is 5. The van der Waals surface area contributed by atoms with Crippen molar-refractivity contribution in [1.29, 1.82) is 0 Å². The highest BCUT2D eigenvalue weighted by Gasteiger charge is 2.22. The summed E-state index contributed by atoms with van der Waals surface area (Å²) in [6.07, 6.45) is -0.0530. The first-order chi connectivity index (χ1) is 13.5. The molecule has 0 fully saturated rings.